The molecular weight excluding hydrogens is 394 g/mol. The van der Waals surface area contributed by atoms with Gasteiger partial charge in [0.1, 0.15) is 11.3 Å². The number of amides is 2. The second kappa shape index (κ2) is 8.52. The normalized spacial score (nSPS) is 13.2. The molecule has 0 saturated carbocycles. The van der Waals surface area contributed by atoms with E-state index in [0.717, 1.165) is 4.31 Å². The number of anilines is 1. The van der Waals surface area contributed by atoms with Crippen LogP contribution in [0.1, 0.15) is 30.6 Å². The molecule has 0 fully saturated rings. The monoisotopic (exact) mass is 419 g/mol. The number of carbonyl (C=O) groups is 2. The highest BCUT2D eigenvalue weighted by atomic mass is 32.2. The number of rotatable bonds is 8. The first-order valence-corrected chi connectivity index (χ1v) is 10.3. The van der Waals surface area contributed by atoms with Gasteiger partial charge in [-0.2, -0.15) is 0 Å². The van der Waals surface area contributed by atoms with Crippen LogP contribution in [-0.4, -0.2) is 39.9 Å². The Morgan fingerprint density at radius 1 is 1.14 bits per heavy atom. The fraction of sp³-hybridized carbons (Fsp3) is 0.300. The number of benzene rings is 2. The molecule has 0 aromatic heterocycles. The summed E-state index contributed by atoms with van der Waals surface area (Å²) in [6.07, 6.45) is 0.324. The van der Waals surface area contributed by atoms with Gasteiger partial charge in [0.05, 0.1) is 17.7 Å². The minimum Gasteiger partial charge on any atom is -0.495 e. The highest BCUT2D eigenvalue weighted by Gasteiger charge is 2.31. The zero-order valence-electron chi connectivity index (χ0n) is 16.8. The number of nitrogens with one attached hydrogen (secondary N) is 1. The largest absolute Gasteiger partial charge is 0.495 e. The van der Waals surface area contributed by atoms with E-state index in [1.807, 2.05) is 0 Å². The third kappa shape index (κ3) is 4.51. The summed E-state index contributed by atoms with van der Waals surface area (Å²) in [5.41, 5.74) is 4.76. The van der Waals surface area contributed by atoms with Crippen molar-refractivity contribution >= 4 is 27.5 Å². The molecule has 8 nitrogen and oxygen atoms in total. The number of nitrogens with two attached hydrogens (primary N) is 1. The Bertz CT molecular complexity index is 1010. The molecular formula is C20H25N3O5S. The van der Waals surface area contributed by atoms with Gasteiger partial charge in [0.2, 0.25) is 5.91 Å². The smallest absolute Gasteiger partial charge is 0.264 e. The highest BCUT2D eigenvalue weighted by molar-refractivity contribution is 7.92. The first kappa shape index (κ1) is 22.2. The van der Waals surface area contributed by atoms with Gasteiger partial charge in [0, 0.05) is 12.6 Å². The Morgan fingerprint density at radius 2 is 1.72 bits per heavy atom. The van der Waals surface area contributed by atoms with Crippen molar-refractivity contribution in [1.82, 2.24) is 5.32 Å². The molecule has 0 aliphatic rings. The van der Waals surface area contributed by atoms with Gasteiger partial charge in [-0.15, -0.1) is 0 Å². The number of carbonyl (C=O) groups excluding carboxylic acids is 2. The van der Waals surface area contributed by atoms with Crippen LogP contribution < -0.4 is 20.1 Å². The highest BCUT2D eigenvalue weighted by Crippen LogP contribution is 2.30. The van der Waals surface area contributed by atoms with Crippen molar-refractivity contribution in [2.75, 3.05) is 18.5 Å². The molecule has 156 valence electrons. The van der Waals surface area contributed by atoms with Gasteiger partial charge in [-0.05, 0) is 49.7 Å². The zero-order chi connectivity index (χ0) is 21.8. The number of nitrogens with zero attached hydrogens (tertiary/aromatic N) is 1. The molecule has 0 radical (unpaired) electrons. The molecule has 2 rings (SSSR count). The molecule has 2 amide bonds. The lowest BCUT2D eigenvalue weighted by molar-refractivity contribution is -0.123. The average molecular weight is 420 g/mol. The van der Waals surface area contributed by atoms with Crippen LogP contribution in [0.5, 0.6) is 5.75 Å². The molecule has 0 saturated heterocycles. The Kier molecular flexibility index (Phi) is 6.53. The predicted molar refractivity (Wildman–Crippen MR) is 110 cm³/mol. The number of methoxy groups -OCH3 is 1. The van der Waals surface area contributed by atoms with Gasteiger partial charge < -0.3 is 15.8 Å². The third-order valence-corrected chi connectivity index (χ3v) is 6.63. The first-order valence-electron chi connectivity index (χ1n) is 8.91. The number of hydrogen-bond acceptors (Lipinski definition) is 5. The first-order chi connectivity index (χ1) is 13.6. The van der Waals surface area contributed by atoms with E-state index >= 15 is 0 Å². The van der Waals surface area contributed by atoms with E-state index in [9.17, 15) is 18.0 Å². The van der Waals surface area contributed by atoms with E-state index in [4.69, 9.17) is 10.5 Å². The van der Waals surface area contributed by atoms with Crippen molar-refractivity contribution in [2.24, 2.45) is 5.73 Å². The Labute approximate surface area is 170 Å². The number of para-hydroxylation sites is 2. The molecule has 2 aromatic rings. The maximum absolute atomic E-state index is 13.0. The van der Waals surface area contributed by atoms with E-state index in [-0.39, 0.29) is 10.5 Å². The van der Waals surface area contributed by atoms with Crippen LogP contribution in [0.15, 0.2) is 53.4 Å². The molecule has 29 heavy (non-hydrogen) atoms. The molecule has 0 spiro atoms. The minimum atomic E-state index is -3.87. The summed E-state index contributed by atoms with van der Waals surface area (Å²) in [7, 11) is -0.988. The van der Waals surface area contributed by atoms with Gasteiger partial charge in [0.25, 0.3) is 15.9 Å². The fourth-order valence-electron chi connectivity index (χ4n) is 2.60. The lowest BCUT2D eigenvalue weighted by Crippen LogP contribution is -2.54. The lowest BCUT2D eigenvalue weighted by Gasteiger charge is -2.26. The summed E-state index contributed by atoms with van der Waals surface area (Å²) < 4.78 is 32.3. The molecule has 0 unspecified atom stereocenters. The summed E-state index contributed by atoms with van der Waals surface area (Å²) in [6, 6.07) is 12.2. The van der Waals surface area contributed by atoms with Crippen molar-refractivity contribution < 1.29 is 22.7 Å². The second-order valence-corrected chi connectivity index (χ2v) is 8.64. The maximum Gasteiger partial charge on any atom is 0.264 e. The quantitative estimate of drug-likeness (QED) is 0.677. The van der Waals surface area contributed by atoms with Gasteiger partial charge in [-0.25, -0.2) is 8.42 Å². The molecule has 0 aliphatic heterocycles. The number of hydrogen-bond donors (Lipinski definition) is 2. The summed E-state index contributed by atoms with van der Waals surface area (Å²) in [5.74, 6) is -0.749. The lowest BCUT2D eigenvalue weighted by atomic mass is 9.97. The van der Waals surface area contributed by atoms with Crippen LogP contribution in [0.2, 0.25) is 0 Å². The van der Waals surface area contributed by atoms with E-state index < -0.39 is 27.4 Å². The Balaban J connectivity index is 2.29. The topological polar surface area (TPSA) is 119 Å². The van der Waals surface area contributed by atoms with Gasteiger partial charge in [-0.3, -0.25) is 13.9 Å². The van der Waals surface area contributed by atoms with Crippen LogP contribution in [0.4, 0.5) is 5.69 Å². The van der Waals surface area contributed by atoms with E-state index in [0.29, 0.717) is 17.9 Å². The zero-order valence-corrected chi connectivity index (χ0v) is 17.6. The minimum absolute atomic E-state index is 0.00982. The second-order valence-electron chi connectivity index (χ2n) is 6.67. The summed E-state index contributed by atoms with van der Waals surface area (Å²) in [5, 5.41) is 2.59. The van der Waals surface area contributed by atoms with Crippen LogP contribution in [-0.2, 0) is 14.8 Å². The standard InChI is InChI=1S/C20H25N3O5S/c1-5-20(2,19(21)25)22-18(24)14-10-12-15(13-11-14)29(26,27)23(3)16-8-6-7-9-17(16)28-4/h6-13H,5H2,1-4H3,(H2,21,25)(H,22,24)/t20-/m1/s1. The van der Waals surface area contributed by atoms with Crippen molar-refractivity contribution in [3.63, 3.8) is 0 Å². The molecule has 3 N–H and O–H groups in total. The van der Waals surface area contributed by atoms with E-state index in [1.165, 1.54) is 45.3 Å². The van der Waals surface area contributed by atoms with Crippen LogP contribution >= 0.6 is 0 Å². The Hall–Kier alpha value is -3.07. The molecule has 0 bridgehead atoms. The number of sulfonamides is 1. The van der Waals surface area contributed by atoms with E-state index in [1.54, 1.807) is 31.2 Å². The average Bonchev–Trinajstić information content (AvgIpc) is 2.72. The van der Waals surface area contributed by atoms with Gasteiger partial charge >= 0.3 is 0 Å². The van der Waals surface area contributed by atoms with Crippen molar-refractivity contribution in [3.8, 4) is 5.75 Å². The van der Waals surface area contributed by atoms with Crippen molar-refractivity contribution in [1.29, 1.82) is 0 Å². The molecule has 2 aromatic carbocycles. The van der Waals surface area contributed by atoms with Gasteiger partial charge in [0.15, 0.2) is 0 Å². The van der Waals surface area contributed by atoms with Gasteiger partial charge in [-0.1, -0.05) is 19.1 Å². The van der Waals surface area contributed by atoms with E-state index in [2.05, 4.69) is 5.32 Å². The van der Waals surface area contributed by atoms with Crippen LogP contribution in [0, 0.1) is 0 Å². The number of primary amides is 1. The predicted octanol–water partition coefficient (Wildman–Crippen LogP) is 1.90. The Morgan fingerprint density at radius 3 is 2.24 bits per heavy atom. The number of ether oxygens (including phenoxy) is 1. The molecule has 1 atom stereocenters. The van der Waals surface area contributed by atoms with Crippen LogP contribution in [0.25, 0.3) is 0 Å². The molecule has 9 heteroatoms. The van der Waals surface area contributed by atoms with Crippen molar-refractivity contribution in [3.05, 3.63) is 54.1 Å². The van der Waals surface area contributed by atoms with Crippen molar-refractivity contribution in [2.45, 2.75) is 30.7 Å². The molecule has 0 aliphatic carbocycles. The SMILES string of the molecule is CC[C@@](C)(NC(=O)c1ccc(S(=O)(=O)N(C)c2ccccc2OC)cc1)C(N)=O. The van der Waals surface area contributed by atoms with Crippen LogP contribution in [0.3, 0.4) is 0 Å². The summed E-state index contributed by atoms with van der Waals surface area (Å²) in [6.45, 7) is 3.27. The third-order valence-electron chi connectivity index (χ3n) is 4.84. The maximum atomic E-state index is 13.0. The summed E-state index contributed by atoms with van der Waals surface area (Å²) in [4.78, 5) is 24.0. The summed E-state index contributed by atoms with van der Waals surface area (Å²) >= 11 is 0. The fourth-order valence-corrected chi connectivity index (χ4v) is 3.81. The molecule has 0 heterocycles.